The third-order valence-electron chi connectivity index (χ3n) is 1.84. The molecular formula is C10H20O3. The average molecular weight is 188 g/mol. The molecule has 0 aliphatic heterocycles. The molecule has 0 rings (SSSR count). The van der Waals surface area contributed by atoms with E-state index in [1.165, 1.54) is 0 Å². The summed E-state index contributed by atoms with van der Waals surface area (Å²) in [6, 6.07) is 0. The smallest absolute Gasteiger partial charge is 0.308 e. The van der Waals surface area contributed by atoms with E-state index >= 15 is 0 Å². The van der Waals surface area contributed by atoms with Crippen LogP contribution in [0.2, 0.25) is 0 Å². The number of hydrogen-bond donors (Lipinski definition) is 0. The maximum absolute atomic E-state index is 11.3. The lowest BCUT2D eigenvalue weighted by molar-refractivity contribution is -0.152. The van der Waals surface area contributed by atoms with Crippen molar-refractivity contribution in [2.45, 2.75) is 46.3 Å². The Hall–Kier alpha value is -0.570. The Morgan fingerprint density at radius 1 is 1.23 bits per heavy atom. The molecular weight excluding hydrogens is 168 g/mol. The van der Waals surface area contributed by atoms with Gasteiger partial charge in [-0.25, -0.2) is 0 Å². The van der Waals surface area contributed by atoms with Gasteiger partial charge in [-0.2, -0.15) is 0 Å². The van der Waals surface area contributed by atoms with E-state index in [4.69, 9.17) is 9.47 Å². The summed E-state index contributed by atoms with van der Waals surface area (Å²) in [5.41, 5.74) is 0. The predicted molar refractivity (Wildman–Crippen MR) is 51.5 cm³/mol. The Kier molecular flexibility index (Phi) is 5.71. The van der Waals surface area contributed by atoms with Crippen LogP contribution in [0.25, 0.3) is 0 Å². The van der Waals surface area contributed by atoms with Crippen molar-refractivity contribution in [1.29, 1.82) is 0 Å². The van der Waals surface area contributed by atoms with Gasteiger partial charge in [-0.3, -0.25) is 4.79 Å². The first-order valence-corrected chi connectivity index (χ1v) is 4.70. The second kappa shape index (κ2) is 5.97. The molecule has 0 fully saturated rings. The van der Waals surface area contributed by atoms with Crippen molar-refractivity contribution in [3.05, 3.63) is 0 Å². The molecule has 0 saturated heterocycles. The molecule has 0 bridgehead atoms. The Balaban J connectivity index is 3.82. The minimum Gasteiger partial charge on any atom is -0.463 e. The lowest BCUT2D eigenvalue weighted by Crippen LogP contribution is -2.22. The first-order valence-electron chi connectivity index (χ1n) is 4.70. The Morgan fingerprint density at radius 2 is 1.77 bits per heavy atom. The van der Waals surface area contributed by atoms with Gasteiger partial charge in [0.05, 0.1) is 18.1 Å². The highest BCUT2D eigenvalue weighted by atomic mass is 16.5. The molecule has 13 heavy (non-hydrogen) atoms. The normalized spacial score (nSPS) is 15.5. The van der Waals surface area contributed by atoms with E-state index in [-0.39, 0.29) is 24.1 Å². The van der Waals surface area contributed by atoms with Crippen molar-refractivity contribution < 1.29 is 14.3 Å². The molecule has 3 nitrogen and oxygen atoms in total. The van der Waals surface area contributed by atoms with Crippen LogP contribution in [0.3, 0.4) is 0 Å². The van der Waals surface area contributed by atoms with E-state index in [9.17, 15) is 4.79 Å². The number of esters is 1. The van der Waals surface area contributed by atoms with Crippen LogP contribution in [0, 0.1) is 5.92 Å². The predicted octanol–water partition coefficient (Wildman–Crippen LogP) is 2.00. The van der Waals surface area contributed by atoms with Crippen molar-refractivity contribution in [1.82, 2.24) is 0 Å². The second-order valence-electron chi connectivity index (χ2n) is 3.67. The first-order chi connectivity index (χ1) is 5.97. The number of ether oxygens (including phenoxy) is 2. The van der Waals surface area contributed by atoms with E-state index in [2.05, 4.69) is 0 Å². The van der Waals surface area contributed by atoms with E-state index < -0.39 is 0 Å². The summed E-state index contributed by atoms with van der Waals surface area (Å²) in [6.07, 6.45) is 0.782. The molecule has 0 heterocycles. The standard InChI is InChI=1S/C10H20O3/c1-7(2)13-10(11)8(3)6-9(4)12-5/h7-9H,6H2,1-5H3. The Bertz CT molecular complexity index is 154. The van der Waals surface area contributed by atoms with Gasteiger partial charge in [0.1, 0.15) is 0 Å². The van der Waals surface area contributed by atoms with Crippen molar-refractivity contribution in [2.75, 3.05) is 7.11 Å². The van der Waals surface area contributed by atoms with Crippen LogP contribution in [0.5, 0.6) is 0 Å². The summed E-state index contributed by atoms with van der Waals surface area (Å²) < 4.78 is 10.1. The van der Waals surface area contributed by atoms with Crippen LogP contribution in [0.15, 0.2) is 0 Å². The lowest BCUT2D eigenvalue weighted by atomic mass is 10.1. The zero-order chi connectivity index (χ0) is 10.4. The molecule has 0 spiro atoms. The summed E-state index contributed by atoms with van der Waals surface area (Å²) in [4.78, 5) is 11.3. The molecule has 0 N–H and O–H groups in total. The van der Waals surface area contributed by atoms with Crippen molar-refractivity contribution in [3.8, 4) is 0 Å². The van der Waals surface area contributed by atoms with Crippen LogP contribution in [-0.2, 0) is 14.3 Å². The van der Waals surface area contributed by atoms with E-state index in [0.29, 0.717) is 6.42 Å². The maximum Gasteiger partial charge on any atom is 0.308 e. The van der Waals surface area contributed by atoms with Gasteiger partial charge >= 0.3 is 5.97 Å². The molecule has 78 valence electrons. The molecule has 0 aliphatic carbocycles. The molecule has 0 saturated carbocycles. The van der Waals surface area contributed by atoms with Crippen LogP contribution < -0.4 is 0 Å². The SMILES string of the molecule is COC(C)CC(C)C(=O)OC(C)C. The number of carbonyl (C=O) groups excluding carboxylic acids is 1. The largest absolute Gasteiger partial charge is 0.463 e. The molecule has 0 radical (unpaired) electrons. The molecule has 0 aliphatic rings. The van der Waals surface area contributed by atoms with Gasteiger partial charge < -0.3 is 9.47 Å². The molecule has 0 aromatic carbocycles. The van der Waals surface area contributed by atoms with Crippen LogP contribution in [-0.4, -0.2) is 25.3 Å². The van der Waals surface area contributed by atoms with Gasteiger partial charge in [0.15, 0.2) is 0 Å². The summed E-state index contributed by atoms with van der Waals surface area (Å²) in [5.74, 6) is -0.226. The minimum atomic E-state index is -0.140. The minimum absolute atomic E-state index is 0.0344. The number of hydrogen-bond acceptors (Lipinski definition) is 3. The fourth-order valence-corrected chi connectivity index (χ4v) is 1.04. The van der Waals surface area contributed by atoms with Gasteiger partial charge in [-0.05, 0) is 27.2 Å². The zero-order valence-electron chi connectivity index (χ0n) is 9.16. The van der Waals surface area contributed by atoms with E-state index in [1.807, 2.05) is 27.7 Å². The number of rotatable bonds is 5. The highest BCUT2D eigenvalue weighted by molar-refractivity contribution is 5.72. The third kappa shape index (κ3) is 5.64. The zero-order valence-corrected chi connectivity index (χ0v) is 9.16. The topological polar surface area (TPSA) is 35.5 Å². The van der Waals surface area contributed by atoms with Crippen molar-refractivity contribution in [2.24, 2.45) is 5.92 Å². The molecule has 0 aromatic rings. The van der Waals surface area contributed by atoms with E-state index in [1.54, 1.807) is 7.11 Å². The van der Waals surface area contributed by atoms with E-state index in [0.717, 1.165) is 0 Å². The molecule has 2 atom stereocenters. The number of methoxy groups -OCH3 is 1. The Morgan fingerprint density at radius 3 is 2.15 bits per heavy atom. The van der Waals surface area contributed by atoms with Gasteiger partial charge in [0, 0.05) is 7.11 Å². The summed E-state index contributed by atoms with van der Waals surface area (Å²) in [7, 11) is 1.64. The lowest BCUT2D eigenvalue weighted by Gasteiger charge is -2.16. The van der Waals surface area contributed by atoms with Gasteiger partial charge in [0.25, 0.3) is 0 Å². The van der Waals surface area contributed by atoms with Crippen molar-refractivity contribution in [3.63, 3.8) is 0 Å². The average Bonchev–Trinajstić information content (AvgIpc) is 2.02. The first kappa shape index (κ1) is 12.4. The summed E-state index contributed by atoms with van der Waals surface area (Å²) in [6.45, 7) is 7.51. The molecule has 3 heteroatoms. The maximum atomic E-state index is 11.3. The quantitative estimate of drug-likeness (QED) is 0.619. The monoisotopic (exact) mass is 188 g/mol. The molecule has 0 aromatic heterocycles. The third-order valence-corrected chi connectivity index (χ3v) is 1.84. The van der Waals surface area contributed by atoms with Crippen molar-refractivity contribution >= 4 is 5.97 Å². The summed E-state index contributed by atoms with van der Waals surface area (Å²) >= 11 is 0. The van der Waals surface area contributed by atoms with Crippen LogP contribution in [0.4, 0.5) is 0 Å². The molecule has 0 amide bonds. The van der Waals surface area contributed by atoms with Crippen LogP contribution in [0.1, 0.15) is 34.1 Å². The molecule has 2 unspecified atom stereocenters. The fraction of sp³-hybridized carbons (Fsp3) is 0.900. The highest BCUT2D eigenvalue weighted by Gasteiger charge is 2.18. The highest BCUT2D eigenvalue weighted by Crippen LogP contribution is 2.10. The summed E-state index contributed by atoms with van der Waals surface area (Å²) in [5, 5.41) is 0. The number of carbonyl (C=O) groups is 1. The van der Waals surface area contributed by atoms with Gasteiger partial charge in [-0.1, -0.05) is 6.92 Å². The van der Waals surface area contributed by atoms with Gasteiger partial charge in [-0.15, -0.1) is 0 Å². The second-order valence-corrected chi connectivity index (χ2v) is 3.67. The fourth-order valence-electron chi connectivity index (χ4n) is 1.04. The van der Waals surface area contributed by atoms with Crippen LogP contribution >= 0.6 is 0 Å². The van der Waals surface area contributed by atoms with Gasteiger partial charge in [0.2, 0.25) is 0 Å². The Labute approximate surface area is 80.4 Å².